The van der Waals surface area contributed by atoms with E-state index in [-0.39, 0.29) is 22.9 Å². The van der Waals surface area contributed by atoms with Crippen molar-refractivity contribution in [2.24, 2.45) is 11.1 Å². The van der Waals surface area contributed by atoms with Crippen molar-refractivity contribution < 1.29 is 18.1 Å². The Balaban J connectivity index is 2.51. The van der Waals surface area contributed by atoms with E-state index in [4.69, 9.17) is 5.73 Å². The normalized spacial score (nSPS) is 25.2. The van der Waals surface area contributed by atoms with Crippen LogP contribution in [-0.2, 0) is 6.18 Å². The first-order chi connectivity index (χ1) is 8.55. The molecule has 104 valence electrons. The van der Waals surface area contributed by atoms with Crippen molar-refractivity contribution in [1.29, 1.82) is 0 Å². The number of nitro groups is 1. The van der Waals surface area contributed by atoms with Crippen LogP contribution in [0.3, 0.4) is 0 Å². The van der Waals surface area contributed by atoms with Gasteiger partial charge in [-0.15, -0.1) is 0 Å². The van der Waals surface area contributed by atoms with Crippen LogP contribution >= 0.6 is 0 Å². The lowest BCUT2D eigenvalue weighted by molar-refractivity contribution is -0.385. The topological polar surface area (TPSA) is 69.2 Å². The van der Waals surface area contributed by atoms with Crippen molar-refractivity contribution in [3.05, 3.63) is 39.4 Å². The predicted octanol–water partition coefficient (Wildman–Crippen LogP) is 3.06. The fraction of sp³-hybridized carbons (Fsp3) is 0.500. The zero-order valence-corrected chi connectivity index (χ0v) is 10.4. The quantitative estimate of drug-likeness (QED) is 0.665. The average Bonchev–Trinajstić information content (AvgIpc) is 2.76. The number of alkyl halides is 3. The molecule has 0 aromatic heterocycles. The lowest BCUT2D eigenvalue weighted by Crippen LogP contribution is -2.08. The van der Waals surface area contributed by atoms with Gasteiger partial charge in [-0.25, -0.2) is 0 Å². The maximum Gasteiger partial charge on any atom is 0.416 e. The number of rotatable bonds is 2. The Morgan fingerprint density at radius 1 is 1.32 bits per heavy atom. The molecule has 1 aliphatic rings. The van der Waals surface area contributed by atoms with Gasteiger partial charge >= 0.3 is 6.18 Å². The summed E-state index contributed by atoms with van der Waals surface area (Å²) in [6.45, 7) is 3.66. The van der Waals surface area contributed by atoms with Gasteiger partial charge in [0.2, 0.25) is 0 Å². The number of non-ortho nitro benzene ring substituents is 1. The Labute approximate surface area is 107 Å². The summed E-state index contributed by atoms with van der Waals surface area (Å²) in [6, 6.07) is 2.39. The van der Waals surface area contributed by atoms with Crippen LogP contribution in [0.4, 0.5) is 18.9 Å². The van der Waals surface area contributed by atoms with E-state index in [1.54, 1.807) is 0 Å². The number of hydrogen-bond acceptors (Lipinski definition) is 3. The highest BCUT2D eigenvalue weighted by Gasteiger charge is 2.56. The molecule has 0 saturated heterocycles. The molecule has 1 fully saturated rings. The van der Waals surface area contributed by atoms with Crippen LogP contribution in [0.2, 0.25) is 0 Å². The van der Waals surface area contributed by atoms with Crippen LogP contribution in [0.15, 0.2) is 18.2 Å². The van der Waals surface area contributed by atoms with Gasteiger partial charge in [0.1, 0.15) is 0 Å². The molecule has 2 rings (SSSR count). The van der Waals surface area contributed by atoms with Crippen molar-refractivity contribution >= 4 is 5.69 Å². The smallest absolute Gasteiger partial charge is 0.327 e. The second kappa shape index (κ2) is 3.93. The third-order valence-electron chi connectivity index (χ3n) is 3.75. The first kappa shape index (κ1) is 13.8. The second-order valence-corrected chi connectivity index (χ2v) is 5.39. The third kappa shape index (κ3) is 2.30. The molecule has 1 aromatic carbocycles. The van der Waals surface area contributed by atoms with E-state index in [1.165, 1.54) is 6.07 Å². The molecule has 2 atom stereocenters. The SMILES string of the molecule is CC1(C)C(N)C1c1cc([N+](=O)[O-])cc(C(F)(F)F)c1. The molecule has 1 aliphatic carbocycles. The van der Waals surface area contributed by atoms with E-state index in [9.17, 15) is 23.3 Å². The van der Waals surface area contributed by atoms with Gasteiger partial charge in [-0.3, -0.25) is 10.1 Å². The van der Waals surface area contributed by atoms with E-state index in [1.807, 2.05) is 13.8 Å². The summed E-state index contributed by atoms with van der Waals surface area (Å²) in [7, 11) is 0. The first-order valence-corrected chi connectivity index (χ1v) is 5.67. The molecule has 0 heterocycles. The number of halogens is 3. The Hall–Kier alpha value is -1.63. The molecule has 19 heavy (non-hydrogen) atoms. The Morgan fingerprint density at radius 2 is 1.84 bits per heavy atom. The largest absolute Gasteiger partial charge is 0.416 e. The molecular formula is C12H13F3N2O2. The van der Waals surface area contributed by atoms with Gasteiger partial charge in [0.25, 0.3) is 5.69 Å². The number of nitro benzene ring substituents is 1. The molecule has 2 N–H and O–H groups in total. The molecular weight excluding hydrogens is 261 g/mol. The number of hydrogen-bond donors (Lipinski definition) is 1. The van der Waals surface area contributed by atoms with E-state index in [0.717, 1.165) is 6.07 Å². The van der Waals surface area contributed by atoms with Crippen molar-refractivity contribution in [3.8, 4) is 0 Å². The van der Waals surface area contributed by atoms with E-state index < -0.39 is 22.4 Å². The minimum Gasteiger partial charge on any atom is -0.327 e. The highest BCUT2D eigenvalue weighted by Crippen LogP contribution is 2.58. The van der Waals surface area contributed by atoms with Crippen LogP contribution in [0.25, 0.3) is 0 Å². The van der Waals surface area contributed by atoms with Crippen molar-refractivity contribution in [2.75, 3.05) is 0 Å². The number of nitrogens with zero attached hydrogens (tertiary/aromatic N) is 1. The fourth-order valence-corrected chi connectivity index (χ4v) is 2.40. The lowest BCUT2D eigenvalue weighted by Gasteiger charge is -2.10. The van der Waals surface area contributed by atoms with Crippen LogP contribution in [0, 0.1) is 15.5 Å². The summed E-state index contributed by atoms with van der Waals surface area (Å²) < 4.78 is 38.2. The van der Waals surface area contributed by atoms with Crippen LogP contribution in [0.1, 0.15) is 30.9 Å². The summed E-state index contributed by atoms with van der Waals surface area (Å²) in [4.78, 5) is 9.91. The Kier molecular flexibility index (Phi) is 2.85. The first-order valence-electron chi connectivity index (χ1n) is 5.67. The van der Waals surface area contributed by atoms with Gasteiger partial charge in [-0.2, -0.15) is 13.2 Å². The van der Waals surface area contributed by atoms with E-state index >= 15 is 0 Å². The fourth-order valence-electron chi connectivity index (χ4n) is 2.40. The Morgan fingerprint density at radius 3 is 2.21 bits per heavy atom. The molecule has 0 bridgehead atoms. The molecule has 0 amide bonds. The van der Waals surface area contributed by atoms with Crippen LogP contribution in [-0.4, -0.2) is 11.0 Å². The Bertz CT molecular complexity index is 540. The third-order valence-corrected chi connectivity index (χ3v) is 3.75. The molecule has 0 spiro atoms. The lowest BCUT2D eigenvalue weighted by atomic mass is 10.00. The van der Waals surface area contributed by atoms with E-state index in [0.29, 0.717) is 6.07 Å². The van der Waals surface area contributed by atoms with Crippen molar-refractivity contribution in [2.45, 2.75) is 32.0 Å². The monoisotopic (exact) mass is 274 g/mol. The van der Waals surface area contributed by atoms with Crippen LogP contribution in [0.5, 0.6) is 0 Å². The summed E-state index contributed by atoms with van der Waals surface area (Å²) in [6.07, 6.45) is -4.61. The summed E-state index contributed by atoms with van der Waals surface area (Å²) in [5.74, 6) is -0.284. The molecule has 1 saturated carbocycles. The molecule has 0 aliphatic heterocycles. The van der Waals surface area contributed by atoms with Gasteiger partial charge in [0.15, 0.2) is 0 Å². The summed E-state index contributed by atoms with van der Waals surface area (Å²) in [5.41, 5.74) is 4.19. The van der Waals surface area contributed by atoms with Crippen LogP contribution < -0.4 is 5.73 Å². The number of nitrogens with two attached hydrogens (primary N) is 1. The number of benzene rings is 1. The van der Waals surface area contributed by atoms with Gasteiger partial charge < -0.3 is 5.73 Å². The zero-order chi connectivity index (χ0) is 14.6. The second-order valence-electron chi connectivity index (χ2n) is 5.39. The molecule has 4 nitrogen and oxygen atoms in total. The highest BCUT2D eigenvalue weighted by atomic mass is 19.4. The van der Waals surface area contributed by atoms with Gasteiger partial charge in [0.05, 0.1) is 10.5 Å². The maximum absolute atomic E-state index is 12.7. The van der Waals surface area contributed by atoms with Gasteiger partial charge in [-0.05, 0) is 17.0 Å². The zero-order valence-electron chi connectivity index (χ0n) is 10.4. The van der Waals surface area contributed by atoms with Gasteiger partial charge in [-0.1, -0.05) is 13.8 Å². The minimum atomic E-state index is -4.61. The molecule has 2 unspecified atom stereocenters. The molecule has 0 radical (unpaired) electrons. The van der Waals surface area contributed by atoms with E-state index in [2.05, 4.69) is 0 Å². The average molecular weight is 274 g/mol. The maximum atomic E-state index is 12.7. The van der Waals surface area contributed by atoms with Crippen molar-refractivity contribution in [1.82, 2.24) is 0 Å². The van der Waals surface area contributed by atoms with Gasteiger partial charge in [0, 0.05) is 24.1 Å². The molecule has 1 aromatic rings. The highest BCUT2D eigenvalue weighted by molar-refractivity contribution is 5.46. The standard InChI is InChI=1S/C12H13F3N2O2/c1-11(2)9(10(11)16)6-3-7(12(13,14)15)5-8(4-6)17(18)19/h3-5,9-10H,16H2,1-2H3. The summed E-state index contributed by atoms with van der Waals surface area (Å²) >= 11 is 0. The van der Waals surface area contributed by atoms with Crippen molar-refractivity contribution in [3.63, 3.8) is 0 Å². The predicted molar refractivity (Wildman–Crippen MR) is 62.6 cm³/mol. The minimum absolute atomic E-state index is 0.277. The molecule has 7 heteroatoms. The summed E-state index contributed by atoms with van der Waals surface area (Å²) in [5, 5.41) is 10.7.